The topological polar surface area (TPSA) is 43.8 Å². The van der Waals surface area contributed by atoms with Crippen LogP contribution in [-0.2, 0) is 13.6 Å². The monoisotopic (exact) mass is 279 g/mol. The molecule has 2 N–H and O–H groups in total. The second-order valence-electron chi connectivity index (χ2n) is 3.79. The van der Waals surface area contributed by atoms with Gasteiger partial charge in [-0.05, 0) is 23.4 Å². The van der Waals surface area contributed by atoms with Gasteiger partial charge in [-0.25, -0.2) is 4.98 Å². The molecule has 1 aromatic heterocycles. The molecule has 1 aromatic carbocycles. The highest BCUT2D eigenvalue weighted by Gasteiger charge is 2.10. The van der Waals surface area contributed by atoms with Crippen molar-refractivity contribution in [3.8, 4) is 0 Å². The molecule has 96 valence electrons. The van der Waals surface area contributed by atoms with Gasteiger partial charge in [0.05, 0.1) is 0 Å². The smallest absolute Gasteiger partial charge is 0.172 e. The van der Waals surface area contributed by atoms with Gasteiger partial charge in [-0.1, -0.05) is 24.8 Å². The molecule has 0 saturated carbocycles. The van der Waals surface area contributed by atoms with E-state index in [9.17, 15) is 0 Å². The molecule has 0 aliphatic carbocycles. The SMILES string of the molecule is CCSc1cccc(Sc2nccn2C)c1CN. The van der Waals surface area contributed by atoms with Gasteiger partial charge < -0.3 is 10.3 Å². The van der Waals surface area contributed by atoms with Crippen molar-refractivity contribution in [3.05, 3.63) is 36.2 Å². The van der Waals surface area contributed by atoms with Gasteiger partial charge in [-0.15, -0.1) is 11.8 Å². The number of thioether (sulfide) groups is 1. The van der Waals surface area contributed by atoms with Crippen molar-refractivity contribution >= 4 is 23.5 Å². The lowest BCUT2D eigenvalue weighted by molar-refractivity contribution is 0.789. The van der Waals surface area contributed by atoms with E-state index in [-0.39, 0.29) is 0 Å². The average molecular weight is 279 g/mol. The van der Waals surface area contributed by atoms with Crippen LogP contribution >= 0.6 is 23.5 Å². The molecule has 2 rings (SSSR count). The summed E-state index contributed by atoms with van der Waals surface area (Å²) in [5.74, 6) is 1.06. The molecular formula is C13H17N3S2. The lowest BCUT2D eigenvalue weighted by Crippen LogP contribution is -2.01. The van der Waals surface area contributed by atoms with E-state index >= 15 is 0 Å². The van der Waals surface area contributed by atoms with Crippen LogP contribution in [0.1, 0.15) is 12.5 Å². The first-order chi connectivity index (χ1) is 8.76. The summed E-state index contributed by atoms with van der Waals surface area (Å²) in [5, 5.41) is 0.989. The first kappa shape index (κ1) is 13.5. The van der Waals surface area contributed by atoms with E-state index in [1.807, 2.05) is 35.8 Å². The van der Waals surface area contributed by atoms with Crippen LogP contribution in [-0.4, -0.2) is 15.3 Å². The van der Waals surface area contributed by atoms with Crippen molar-refractivity contribution in [3.63, 3.8) is 0 Å². The Morgan fingerprint density at radius 2 is 2.11 bits per heavy atom. The Morgan fingerprint density at radius 3 is 2.72 bits per heavy atom. The van der Waals surface area contributed by atoms with Gasteiger partial charge >= 0.3 is 0 Å². The van der Waals surface area contributed by atoms with Crippen molar-refractivity contribution in [2.24, 2.45) is 12.8 Å². The molecule has 2 aromatic rings. The number of hydrogen-bond acceptors (Lipinski definition) is 4. The van der Waals surface area contributed by atoms with E-state index in [4.69, 9.17) is 5.73 Å². The fourth-order valence-electron chi connectivity index (χ4n) is 1.68. The summed E-state index contributed by atoms with van der Waals surface area (Å²) in [6.07, 6.45) is 3.77. The third-order valence-electron chi connectivity index (χ3n) is 2.57. The number of benzene rings is 1. The van der Waals surface area contributed by atoms with Crippen LogP contribution in [0.15, 0.2) is 45.5 Å². The van der Waals surface area contributed by atoms with Crippen LogP contribution in [0.2, 0.25) is 0 Å². The lowest BCUT2D eigenvalue weighted by Gasteiger charge is -2.11. The van der Waals surface area contributed by atoms with E-state index in [0.717, 1.165) is 10.9 Å². The maximum atomic E-state index is 5.89. The van der Waals surface area contributed by atoms with Gasteiger partial charge in [0, 0.05) is 35.8 Å². The number of nitrogens with two attached hydrogens (primary N) is 1. The highest BCUT2D eigenvalue weighted by atomic mass is 32.2. The lowest BCUT2D eigenvalue weighted by atomic mass is 10.2. The zero-order valence-electron chi connectivity index (χ0n) is 10.6. The van der Waals surface area contributed by atoms with Crippen molar-refractivity contribution in [1.29, 1.82) is 0 Å². The molecule has 3 nitrogen and oxygen atoms in total. The highest BCUT2D eigenvalue weighted by Crippen LogP contribution is 2.34. The summed E-state index contributed by atoms with van der Waals surface area (Å²) < 4.78 is 2.02. The Hall–Kier alpha value is -0.910. The van der Waals surface area contributed by atoms with Crippen molar-refractivity contribution in [1.82, 2.24) is 9.55 Å². The van der Waals surface area contributed by atoms with Crippen molar-refractivity contribution < 1.29 is 0 Å². The van der Waals surface area contributed by atoms with E-state index in [0.29, 0.717) is 6.54 Å². The Balaban J connectivity index is 2.32. The summed E-state index contributed by atoms with van der Waals surface area (Å²) in [6, 6.07) is 6.34. The maximum absolute atomic E-state index is 5.89. The van der Waals surface area contributed by atoms with Gasteiger partial charge in [0.1, 0.15) is 0 Å². The number of rotatable bonds is 5. The summed E-state index contributed by atoms with van der Waals surface area (Å²) in [6.45, 7) is 2.72. The van der Waals surface area contributed by atoms with Crippen molar-refractivity contribution in [2.75, 3.05) is 5.75 Å². The molecular weight excluding hydrogens is 262 g/mol. The number of nitrogens with zero attached hydrogens (tertiary/aromatic N) is 2. The minimum Gasteiger partial charge on any atom is -0.329 e. The largest absolute Gasteiger partial charge is 0.329 e. The Kier molecular flexibility index (Phi) is 4.74. The van der Waals surface area contributed by atoms with E-state index in [1.54, 1.807) is 11.8 Å². The Morgan fingerprint density at radius 1 is 1.33 bits per heavy atom. The number of hydrogen-bond donors (Lipinski definition) is 1. The van der Waals surface area contributed by atoms with Gasteiger partial charge in [0.25, 0.3) is 0 Å². The van der Waals surface area contributed by atoms with Crippen LogP contribution in [0.5, 0.6) is 0 Å². The molecule has 0 spiro atoms. The second kappa shape index (κ2) is 6.31. The zero-order valence-corrected chi connectivity index (χ0v) is 12.2. The summed E-state index contributed by atoms with van der Waals surface area (Å²) >= 11 is 3.51. The molecule has 0 bridgehead atoms. The van der Waals surface area contributed by atoms with Crippen LogP contribution in [0.3, 0.4) is 0 Å². The predicted molar refractivity (Wildman–Crippen MR) is 78.1 cm³/mol. The molecule has 0 saturated heterocycles. The number of aromatic nitrogens is 2. The van der Waals surface area contributed by atoms with Crippen LogP contribution in [0.25, 0.3) is 0 Å². The Labute approximate surface area is 116 Å². The first-order valence-electron chi connectivity index (χ1n) is 5.86. The maximum Gasteiger partial charge on any atom is 0.172 e. The molecule has 18 heavy (non-hydrogen) atoms. The van der Waals surface area contributed by atoms with Crippen LogP contribution < -0.4 is 5.73 Å². The average Bonchev–Trinajstić information content (AvgIpc) is 2.76. The molecule has 0 atom stereocenters. The standard InChI is InChI=1S/C13H17N3S2/c1-3-17-11-5-4-6-12(10(11)9-14)18-13-15-7-8-16(13)2/h4-8H,3,9,14H2,1-2H3. The molecule has 0 amide bonds. The minimum absolute atomic E-state index is 0.565. The van der Waals surface area contributed by atoms with Crippen LogP contribution in [0, 0.1) is 0 Å². The molecule has 0 radical (unpaired) electrons. The third-order valence-corrected chi connectivity index (χ3v) is 4.73. The summed E-state index contributed by atoms with van der Waals surface area (Å²) in [4.78, 5) is 6.82. The van der Waals surface area contributed by atoms with Gasteiger partial charge in [-0.2, -0.15) is 0 Å². The molecule has 5 heteroatoms. The van der Waals surface area contributed by atoms with Crippen molar-refractivity contribution in [2.45, 2.75) is 28.4 Å². The quantitative estimate of drug-likeness (QED) is 0.854. The van der Waals surface area contributed by atoms with E-state index in [2.05, 4.69) is 30.1 Å². The zero-order chi connectivity index (χ0) is 13.0. The minimum atomic E-state index is 0.565. The molecule has 0 aliphatic rings. The predicted octanol–water partition coefficient (Wildman–Crippen LogP) is 3.14. The van der Waals surface area contributed by atoms with Gasteiger partial charge in [0.15, 0.2) is 5.16 Å². The molecule has 1 heterocycles. The first-order valence-corrected chi connectivity index (χ1v) is 7.66. The third kappa shape index (κ3) is 2.91. The van der Waals surface area contributed by atoms with Gasteiger partial charge in [0.2, 0.25) is 0 Å². The fourth-order valence-corrected chi connectivity index (χ4v) is 3.58. The summed E-state index contributed by atoms with van der Waals surface area (Å²) in [5.41, 5.74) is 7.11. The molecule has 0 unspecified atom stereocenters. The Bertz CT molecular complexity index is 523. The number of aryl methyl sites for hydroxylation is 1. The highest BCUT2D eigenvalue weighted by molar-refractivity contribution is 8.00. The second-order valence-corrected chi connectivity index (χ2v) is 6.11. The van der Waals surface area contributed by atoms with Crippen LogP contribution in [0.4, 0.5) is 0 Å². The normalized spacial score (nSPS) is 10.8. The van der Waals surface area contributed by atoms with E-state index in [1.165, 1.54) is 15.4 Å². The number of imidazole rings is 1. The molecule has 0 aliphatic heterocycles. The van der Waals surface area contributed by atoms with E-state index < -0.39 is 0 Å². The summed E-state index contributed by atoms with van der Waals surface area (Å²) in [7, 11) is 2.00. The fraction of sp³-hybridized carbons (Fsp3) is 0.308. The molecule has 0 fully saturated rings. The van der Waals surface area contributed by atoms with Gasteiger partial charge in [-0.3, -0.25) is 0 Å².